The van der Waals surface area contributed by atoms with Crippen LogP contribution in [0.3, 0.4) is 0 Å². The van der Waals surface area contributed by atoms with Crippen molar-refractivity contribution in [2.45, 2.75) is 51.1 Å². The highest BCUT2D eigenvalue weighted by molar-refractivity contribution is 5.79. The van der Waals surface area contributed by atoms with Crippen molar-refractivity contribution >= 4 is 17.0 Å². The Kier molecular flexibility index (Phi) is 4.32. The molecule has 0 bridgehead atoms. The van der Waals surface area contributed by atoms with Crippen molar-refractivity contribution in [1.82, 2.24) is 9.47 Å². The third-order valence-electron chi connectivity index (χ3n) is 4.63. The number of carbonyl (C=O) groups excluding carboxylic acids is 1. The summed E-state index contributed by atoms with van der Waals surface area (Å²) in [6.07, 6.45) is 6.98. The number of amides is 1. The molecular formula is C17H22N2O3. The molecule has 0 atom stereocenters. The van der Waals surface area contributed by atoms with Crippen LogP contribution in [-0.4, -0.2) is 28.5 Å². The van der Waals surface area contributed by atoms with Crippen LogP contribution in [0.5, 0.6) is 0 Å². The fraction of sp³-hybridized carbons (Fsp3) is 0.529. The number of rotatable bonds is 3. The molecule has 1 fully saturated rings. The van der Waals surface area contributed by atoms with E-state index in [0.717, 1.165) is 12.8 Å². The fourth-order valence-electron chi connectivity index (χ4n) is 3.26. The van der Waals surface area contributed by atoms with Crippen LogP contribution in [0.4, 0.5) is 0 Å². The first-order chi connectivity index (χ1) is 10.7. The van der Waals surface area contributed by atoms with Gasteiger partial charge in [-0.25, -0.2) is 4.79 Å². The summed E-state index contributed by atoms with van der Waals surface area (Å²) in [5.41, 5.74) is 1.20. The fourth-order valence-corrected chi connectivity index (χ4v) is 3.26. The minimum absolute atomic E-state index is 0.0273. The van der Waals surface area contributed by atoms with Crippen LogP contribution in [0.1, 0.15) is 38.5 Å². The molecule has 1 saturated carbocycles. The molecule has 1 aliphatic rings. The van der Waals surface area contributed by atoms with Gasteiger partial charge in [0.2, 0.25) is 5.91 Å². The average molecular weight is 302 g/mol. The Labute approximate surface area is 129 Å². The van der Waals surface area contributed by atoms with Crippen molar-refractivity contribution in [2.24, 2.45) is 0 Å². The monoisotopic (exact) mass is 302 g/mol. The molecule has 22 heavy (non-hydrogen) atoms. The third-order valence-corrected chi connectivity index (χ3v) is 4.63. The Balaban J connectivity index is 1.77. The van der Waals surface area contributed by atoms with E-state index in [1.54, 1.807) is 12.1 Å². The van der Waals surface area contributed by atoms with Crippen LogP contribution in [0, 0.1) is 0 Å². The molecule has 2 aromatic rings. The molecule has 3 rings (SSSR count). The van der Waals surface area contributed by atoms with Crippen molar-refractivity contribution in [3.05, 3.63) is 34.8 Å². The number of carbonyl (C=O) groups is 1. The molecule has 0 radical (unpaired) electrons. The largest absolute Gasteiger partial charge is 0.420 e. The zero-order chi connectivity index (χ0) is 15.5. The maximum atomic E-state index is 12.5. The summed E-state index contributed by atoms with van der Waals surface area (Å²) in [6.45, 7) is 0.0445. The predicted octanol–water partition coefficient (Wildman–Crippen LogP) is 2.78. The molecule has 0 spiro atoms. The first-order valence-corrected chi connectivity index (χ1v) is 8.01. The third kappa shape index (κ3) is 2.93. The Hall–Kier alpha value is -2.04. The lowest BCUT2D eigenvalue weighted by Gasteiger charge is -2.27. The molecular weight excluding hydrogens is 280 g/mol. The second kappa shape index (κ2) is 6.38. The predicted molar refractivity (Wildman–Crippen MR) is 84.7 cm³/mol. The van der Waals surface area contributed by atoms with Crippen molar-refractivity contribution in [2.75, 3.05) is 7.05 Å². The van der Waals surface area contributed by atoms with Gasteiger partial charge < -0.3 is 9.32 Å². The number of nitrogens with zero attached hydrogens (tertiary/aromatic N) is 2. The van der Waals surface area contributed by atoms with Crippen LogP contribution >= 0.6 is 0 Å². The standard InChI is InChI=1S/C17H22N2O3/c1-18(13-8-4-2-3-5-9-13)16(20)12-19-14-10-6-7-11-15(14)22-17(19)21/h6-7,10-11,13H,2-5,8-9,12H2,1H3. The van der Waals surface area contributed by atoms with Gasteiger partial charge in [-0.3, -0.25) is 9.36 Å². The number of hydrogen-bond donors (Lipinski definition) is 0. The normalized spacial score (nSPS) is 16.6. The molecule has 0 aliphatic heterocycles. The summed E-state index contributed by atoms with van der Waals surface area (Å²) in [4.78, 5) is 26.3. The molecule has 118 valence electrons. The van der Waals surface area contributed by atoms with Gasteiger partial charge in [-0.2, -0.15) is 0 Å². The molecule has 1 amide bonds. The number of benzene rings is 1. The molecule has 0 unspecified atom stereocenters. The first kappa shape index (κ1) is 14.9. The summed E-state index contributed by atoms with van der Waals surface area (Å²) >= 11 is 0. The molecule has 5 nitrogen and oxygen atoms in total. The zero-order valence-corrected chi connectivity index (χ0v) is 13.0. The topological polar surface area (TPSA) is 55.5 Å². The van der Waals surface area contributed by atoms with Gasteiger partial charge in [0.25, 0.3) is 0 Å². The van der Waals surface area contributed by atoms with Gasteiger partial charge in [-0.15, -0.1) is 0 Å². The molecule has 1 aromatic heterocycles. The van der Waals surface area contributed by atoms with Crippen LogP contribution < -0.4 is 5.76 Å². The lowest BCUT2D eigenvalue weighted by atomic mass is 10.1. The number of hydrogen-bond acceptors (Lipinski definition) is 3. The SMILES string of the molecule is CN(C(=O)Cn1c(=O)oc2ccccc21)C1CCCCCC1. The lowest BCUT2D eigenvalue weighted by molar-refractivity contribution is -0.132. The van der Waals surface area contributed by atoms with Crippen molar-refractivity contribution < 1.29 is 9.21 Å². The van der Waals surface area contributed by atoms with E-state index in [1.165, 1.54) is 30.3 Å². The number of likely N-dealkylation sites (N-methyl/N-ethyl adjacent to an activating group) is 1. The minimum atomic E-state index is -0.469. The smallest absolute Gasteiger partial charge is 0.408 e. The first-order valence-electron chi connectivity index (χ1n) is 8.01. The van der Waals surface area contributed by atoms with Gasteiger partial charge in [0.1, 0.15) is 6.54 Å². The van der Waals surface area contributed by atoms with Crippen molar-refractivity contribution in [1.29, 1.82) is 0 Å². The van der Waals surface area contributed by atoms with Crippen LogP contribution in [0.15, 0.2) is 33.5 Å². The maximum absolute atomic E-state index is 12.5. The number of oxazole rings is 1. The zero-order valence-electron chi connectivity index (χ0n) is 13.0. The van der Waals surface area contributed by atoms with E-state index >= 15 is 0 Å². The Morgan fingerprint density at radius 3 is 2.64 bits per heavy atom. The van der Waals surface area contributed by atoms with E-state index in [1.807, 2.05) is 24.1 Å². The molecule has 0 N–H and O–H groups in total. The second-order valence-corrected chi connectivity index (χ2v) is 6.07. The van der Waals surface area contributed by atoms with E-state index in [2.05, 4.69) is 0 Å². The highest BCUT2D eigenvalue weighted by Crippen LogP contribution is 2.21. The summed E-state index contributed by atoms with van der Waals surface area (Å²) in [5, 5.41) is 0. The van der Waals surface area contributed by atoms with Crippen molar-refractivity contribution in [3.8, 4) is 0 Å². The molecule has 5 heteroatoms. The van der Waals surface area contributed by atoms with Gasteiger partial charge in [-0.05, 0) is 25.0 Å². The molecule has 1 aromatic carbocycles. The summed E-state index contributed by atoms with van der Waals surface area (Å²) in [7, 11) is 1.85. The molecule has 0 saturated heterocycles. The number of aromatic nitrogens is 1. The highest BCUT2D eigenvalue weighted by atomic mass is 16.4. The van der Waals surface area contributed by atoms with E-state index in [9.17, 15) is 9.59 Å². The molecule has 1 heterocycles. The van der Waals surface area contributed by atoms with Gasteiger partial charge >= 0.3 is 5.76 Å². The molecule has 1 aliphatic carbocycles. The van der Waals surface area contributed by atoms with Crippen LogP contribution in [-0.2, 0) is 11.3 Å². The average Bonchev–Trinajstić information content (AvgIpc) is 2.72. The van der Waals surface area contributed by atoms with Crippen LogP contribution in [0.25, 0.3) is 11.1 Å². The number of para-hydroxylation sites is 2. The quantitative estimate of drug-likeness (QED) is 0.819. The summed E-state index contributed by atoms with van der Waals surface area (Å²) in [5.74, 6) is -0.496. The lowest BCUT2D eigenvalue weighted by Crippen LogP contribution is -2.39. The van der Waals surface area contributed by atoms with Crippen molar-refractivity contribution in [3.63, 3.8) is 0 Å². The minimum Gasteiger partial charge on any atom is -0.408 e. The number of fused-ring (bicyclic) bond motifs is 1. The maximum Gasteiger partial charge on any atom is 0.420 e. The highest BCUT2D eigenvalue weighted by Gasteiger charge is 2.22. The Bertz CT molecular complexity index is 708. The summed E-state index contributed by atoms with van der Waals surface area (Å²) < 4.78 is 6.60. The Morgan fingerprint density at radius 1 is 1.23 bits per heavy atom. The van der Waals surface area contributed by atoms with Gasteiger partial charge in [0.15, 0.2) is 5.58 Å². The van der Waals surface area contributed by atoms with E-state index in [0.29, 0.717) is 17.1 Å². The summed E-state index contributed by atoms with van der Waals surface area (Å²) in [6, 6.07) is 7.50. The van der Waals surface area contributed by atoms with E-state index in [4.69, 9.17) is 4.42 Å². The second-order valence-electron chi connectivity index (χ2n) is 6.07. The Morgan fingerprint density at radius 2 is 1.91 bits per heavy atom. The van der Waals surface area contributed by atoms with E-state index in [-0.39, 0.29) is 12.5 Å². The van der Waals surface area contributed by atoms with Gasteiger partial charge in [-0.1, -0.05) is 37.8 Å². The van der Waals surface area contributed by atoms with E-state index < -0.39 is 5.76 Å². The van der Waals surface area contributed by atoms with Crippen LogP contribution in [0.2, 0.25) is 0 Å². The van der Waals surface area contributed by atoms with Gasteiger partial charge in [0.05, 0.1) is 5.52 Å². The van der Waals surface area contributed by atoms with Gasteiger partial charge in [0, 0.05) is 13.1 Å².